The molecular formula is C15H20N2O. The van der Waals surface area contributed by atoms with Crippen LogP contribution in [0.25, 0.3) is 6.08 Å². The summed E-state index contributed by atoms with van der Waals surface area (Å²) < 4.78 is 0. The monoisotopic (exact) mass is 244 g/mol. The molecule has 0 heterocycles. The van der Waals surface area contributed by atoms with Gasteiger partial charge in [0, 0.05) is 24.9 Å². The Morgan fingerprint density at radius 2 is 2.28 bits per heavy atom. The van der Waals surface area contributed by atoms with Gasteiger partial charge in [0.2, 0.25) is 5.91 Å². The van der Waals surface area contributed by atoms with Gasteiger partial charge in [-0.05, 0) is 30.2 Å². The largest absolute Gasteiger partial charge is 0.399 e. The maximum Gasteiger partial charge on any atom is 0.246 e. The van der Waals surface area contributed by atoms with Gasteiger partial charge in [-0.3, -0.25) is 4.79 Å². The fraction of sp³-hybridized carbons (Fsp3) is 0.267. The minimum atomic E-state index is -0.000764. The van der Waals surface area contributed by atoms with E-state index < -0.39 is 0 Å². The van der Waals surface area contributed by atoms with Crippen LogP contribution in [0.5, 0.6) is 0 Å². The van der Waals surface area contributed by atoms with Gasteiger partial charge in [-0.25, -0.2) is 0 Å². The van der Waals surface area contributed by atoms with Crippen LogP contribution in [0.15, 0.2) is 43.0 Å². The summed E-state index contributed by atoms with van der Waals surface area (Å²) in [5.74, 6) is -0.000764. The molecule has 96 valence electrons. The molecule has 2 N–H and O–H groups in total. The number of carbonyl (C=O) groups excluding carboxylic acids is 1. The third kappa shape index (κ3) is 4.45. The first-order chi connectivity index (χ1) is 8.67. The van der Waals surface area contributed by atoms with Crippen molar-refractivity contribution in [3.8, 4) is 0 Å². The number of hydrogen-bond donors (Lipinski definition) is 1. The van der Waals surface area contributed by atoms with Crippen LogP contribution in [-0.2, 0) is 4.79 Å². The van der Waals surface area contributed by atoms with Gasteiger partial charge in [0.05, 0.1) is 0 Å². The molecule has 0 spiro atoms. The fourth-order valence-electron chi connectivity index (χ4n) is 1.65. The van der Waals surface area contributed by atoms with E-state index in [0.717, 1.165) is 18.5 Å². The molecule has 0 atom stereocenters. The molecule has 1 aromatic carbocycles. The van der Waals surface area contributed by atoms with Crippen molar-refractivity contribution in [2.24, 2.45) is 0 Å². The Morgan fingerprint density at radius 3 is 2.89 bits per heavy atom. The Kier molecular flexibility index (Phi) is 5.71. The highest BCUT2D eigenvalue weighted by molar-refractivity contribution is 5.92. The van der Waals surface area contributed by atoms with Gasteiger partial charge in [-0.15, -0.1) is 6.58 Å². The SMILES string of the molecule is C=CCN(CCC)C(=O)/C=C/c1cccc(N)c1. The zero-order chi connectivity index (χ0) is 13.4. The molecule has 0 fully saturated rings. The number of carbonyl (C=O) groups is 1. The summed E-state index contributed by atoms with van der Waals surface area (Å²) in [6.45, 7) is 7.03. The lowest BCUT2D eigenvalue weighted by atomic mass is 10.2. The molecule has 3 heteroatoms. The first-order valence-corrected chi connectivity index (χ1v) is 6.10. The standard InChI is InChI=1S/C15H20N2O/c1-3-10-17(11-4-2)15(18)9-8-13-6-5-7-14(16)12-13/h3,5-9,12H,1,4,10-11,16H2,2H3/b9-8+. The molecule has 0 unspecified atom stereocenters. The lowest BCUT2D eigenvalue weighted by Gasteiger charge is -2.18. The Hall–Kier alpha value is -2.03. The first-order valence-electron chi connectivity index (χ1n) is 6.10. The Balaban J connectivity index is 2.69. The number of nitrogens with zero attached hydrogens (tertiary/aromatic N) is 1. The van der Waals surface area contributed by atoms with Crippen LogP contribution in [0, 0.1) is 0 Å². The normalized spacial score (nSPS) is 10.5. The number of nitrogen functional groups attached to an aromatic ring is 1. The summed E-state index contributed by atoms with van der Waals surface area (Å²) in [7, 11) is 0. The van der Waals surface area contributed by atoms with E-state index in [1.54, 1.807) is 23.1 Å². The number of anilines is 1. The molecule has 0 radical (unpaired) electrons. The minimum Gasteiger partial charge on any atom is -0.399 e. The van der Waals surface area contributed by atoms with E-state index in [0.29, 0.717) is 12.2 Å². The van der Waals surface area contributed by atoms with Gasteiger partial charge in [-0.2, -0.15) is 0 Å². The van der Waals surface area contributed by atoms with Crippen molar-refractivity contribution in [2.45, 2.75) is 13.3 Å². The van der Waals surface area contributed by atoms with Crippen LogP contribution in [0.4, 0.5) is 5.69 Å². The lowest BCUT2D eigenvalue weighted by Crippen LogP contribution is -2.30. The van der Waals surface area contributed by atoms with Gasteiger partial charge in [0.1, 0.15) is 0 Å². The van der Waals surface area contributed by atoms with E-state index in [-0.39, 0.29) is 5.91 Å². The van der Waals surface area contributed by atoms with Crippen molar-refractivity contribution in [2.75, 3.05) is 18.8 Å². The van der Waals surface area contributed by atoms with E-state index in [1.807, 2.05) is 31.2 Å². The van der Waals surface area contributed by atoms with Gasteiger partial charge >= 0.3 is 0 Å². The van der Waals surface area contributed by atoms with Gasteiger partial charge in [0.25, 0.3) is 0 Å². The van der Waals surface area contributed by atoms with Crippen molar-refractivity contribution in [3.63, 3.8) is 0 Å². The number of nitrogens with two attached hydrogens (primary N) is 1. The molecule has 0 aliphatic heterocycles. The first kappa shape index (κ1) is 14.0. The molecule has 0 aliphatic carbocycles. The van der Waals surface area contributed by atoms with Crippen LogP contribution in [0.2, 0.25) is 0 Å². The molecule has 0 saturated heterocycles. The summed E-state index contributed by atoms with van der Waals surface area (Å²) >= 11 is 0. The third-order valence-corrected chi connectivity index (χ3v) is 2.48. The van der Waals surface area contributed by atoms with Gasteiger partial charge < -0.3 is 10.6 Å². The number of amides is 1. The molecule has 1 amide bonds. The van der Waals surface area contributed by atoms with E-state index in [1.165, 1.54) is 0 Å². The highest BCUT2D eigenvalue weighted by Gasteiger charge is 2.06. The second-order valence-corrected chi connectivity index (χ2v) is 4.08. The molecule has 0 bridgehead atoms. The van der Waals surface area contributed by atoms with Crippen molar-refractivity contribution >= 4 is 17.7 Å². The molecule has 1 rings (SSSR count). The summed E-state index contributed by atoms with van der Waals surface area (Å²) in [6.07, 6.45) is 6.03. The van der Waals surface area contributed by atoms with Crippen molar-refractivity contribution in [1.29, 1.82) is 0 Å². The number of rotatable bonds is 6. The van der Waals surface area contributed by atoms with Gasteiger partial charge in [-0.1, -0.05) is 25.1 Å². The second-order valence-electron chi connectivity index (χ2n) is 4.08. The Bertz CT molecular complexity index is 438. The molecular weight excluding hydrogens is 224 g/mol. The summed E-state index contributed by atoms with van der Waals surface area (Å²) in [6, 6.07) is 7.44. The Labute approximate surface area is 109 Å². The maximum absolute atomic E-state index is 11.9. The van der Waals surface area contributed by atoms with Crippen LogP contribution < -0.4 is 5.73 Å². The van der Waals surface area contributed by atoms with E-state index >= 15 is 0 Å². The summed E-state index contributed by atoms with van der Waals surface area (Å²) in [5, 5.41) is 0. The van der Waals surface area contributed by atoms with Gasteiger partial charge in [0.15, 0.2) is 0 Å². The Morgan fingerprint density at radius 1 is 1.50 bits per heavy atom. The average molecular weight is 244 g/mol. The van der Waals surface area contributed by atoms with Crippen LogP contribution >= 0.6 is 0 Å². The molecule has 18 heavy (non-hydrogen) atoms. The minimum absolute atomic E-state index is 0.000764. The molecule has 1 aromatic rings. The summed E-state index contributed by atoms with van der Waals surface area (Å²) in [5.41, 5.74) is 7.30. The second kappa shape index (κ2) is 7.33. The van der Waals surface area contributed by atoms with E-state index in [9.17, 15) is 4.79 Å². The highest BCUT2D eigenvalue weighted by Crippen LogP contribution is 2.08. The zero-order valence-corrected chi connectivity index (χ0v) is 10.8. The van der Waals surface area contributed by atoms with Crippen molar-refractivity contribution in [3.05, 3.63) is 48.6 Å². The average Bonchev–Trinajstić information content (AvgIpc) is 2.36. The topological polar surface area (TPSA) is 46.3 Å². The smallest absolute Gasteiger partial charge is 0.246 e. The lowest BCUT2D eigenvalue weighted by molar-refractivity contribution is -0.125. The van der Waals surface area contributed by atoms with E-state index in [2.05, 4.69) is 6.58 Å². The van der Waals surface area contributed by atoms with Crippen LogP contribution in [-0.4, -0.2) is 23.9 Å². The predicted molar refractivity (Wildman–Crippen MR) is 77.0 cm³/mol. The van der Waals surface area contributed by atoms with Crippen molar-refractivity contribution in [1.82, 2.24) is 4.90 Å². The molecule has 0 aromatic heterocycles. The van der Waals surface area contributed by atoms with E-state index in [4.69, 9.17) is 5.73 Å². The highest BCUT2D eigenvalue weighted by atomic mass is 16.2. The fourth-order valence-corrected chi connectivity index (χ4v) is 1.65. The molecule has 0 aliphatic rings. The maximum atomic E-state index is 11.9. The third-order valence-electron chi connectivity index (χ3n) is 2.48. The quantitative estimate of drug-likeness (QED) is 0.475. The number of hydrogen-bond acceptors (Lipinski definition) is 2. The zero-order valence-electron chi connectivity index (χ0n) is 10.8. The predicted octanol–water partition coefficient (Wildman–Crippen LogP) is 2.71. The summed E-state index contributed by atoms with van der Waals surface area (Å²) in [4.78, 5) is 13.7. The molecule has 3 nitrogen and oxygen atoms in total. The number of benzene rings is 1. The van der Waals surface area contributed by atoms with Crippen molar-refractivity contribution < 1.29 is 4.79 Å². The van der Waals surface area contributed by atoms with Crippen LogP contribution in [0.1, 0.15) is 18.9 Å². The molecule has 0 saturated carbocycles. The van der Waals surface area contributed by atoms with Crippen LogP contribution in [0.3, 0.4) is 0 Å².